The van der Waals surface area contributed by atoms with Gasteiger partial charge in [0.05, 0.1) is 12.2 Å². The molecule has 0 amide bonds. The Labute approximate surface area is 93.8 Å². The normalized spacial score (nSPS) is 23.6. The Morgan fingerprint density at radius 3 is 2.20 bits per heavy atom. The molecule has 1 rings (SSSR count). The lowest BCUT2D eigenvalue weighted by atomic mass is 9.95. The Bertz CT molecular complexity index is 183. The largest absolute Gasteiger partial charge is 0.329 e. The van der Waals surface area contributed by atoms with Crippen molar-refractivity contribution in [2.75, 3.05) is 46.9 Å². The highest BCUT2D eigenvalue weighted by Gasteiger charge is 2.34. The van der Waals surface area contributed by atoms with Crippen LogP contribution in [0.3, 0.4) is 0 Å². The minimum atomic E-state index is 0.0754. The monoisotopic (exact) mass is 214 g/mol. The Hall–Kier alpha value is -0.160. The van der Waals surface area contributed by atoms with Gasteiger partial charge in [0.1, 0.15) is 0 Å². The van der Waals surface area contributed by atoms with Crippen LogP contribution in [-0.2, 0) is 0 Å². The van der Waals surface area contributed by atoms with Gasteiger partial charge in [0.2, 0.25) is 0 Å². The maximum absolute atomic E-state index is 5.93. The molecule has 0 unspecified atom stereocenters. The second-order valence-corrected chi connectivity index (χ2v) is 5.43. The van der Waals surface area contributed by atoms with E-state index in [4.69, 9.17) is 5.73 Å². The van der Waals surface area contributed by atoms with Crippen molar-refractivity contribution in [2.45, 2.75) is 19.4 Å². The van der Waals surface area contributed by atoms with E-state index in [0.717, 1.165) is 26.3 Å². The van der Waals surface area contributed by atoms with Gasteiger partial charge < -0.3 is 11.1 Å². The molecule has 90 valence electrons. The molecule has 0 radical (unpaired) electrons. The van der Waals surface area contributed by atoms with Crippen LogP contribution in [0.4, 0.5) is 0 Å². The number of hydrogen-bond acceptors (Lipinski definition) is 4. The van der Waals surface area contributed by atoms with Gasteiger partial charge in [-0.3, -0.25) is 9.80 Å². The van der Waals surface area contributed by atoms with Crippen molar-refractivity contribution in [3.05, 3.63) is 0 Å². The molecule has 0 aromatic rings. The first-order valence-corrected chi connectivity index (χ1v) is 5.79. The summed E-state index contributed by atoms with van der Waals surface area (Å²) in [6, 6.07) is 0. The van der Waals surface area contributed by atoms with Crippen LogP contribution in [0.25, 0.3) is 0 Å². The SMILES string of the molecule is CC(C)CNC1(CN)CN(C)CN(C)C1. The predicted octanol–water partition coefficient (Wildman–Crippen LogP) is -0.236. The third-order valence-corrected chi connectivity index (χ3v) is 2.90. The van der Waals surface area contributed by atoms with Gasteiger partial charge in [0, 0.05) is 19.6 Å². The van der Waals surface area contributed by atoms with Crippen LogP contribution in [0, 0.1) is 5.92 Å². The van der Waals surface area contributed by atoms with Crippen molar-refractivity contribution in [1.29, 1.82) is 0 Å². The van der Waals surface area contributed by atoms with Gasteiger partial charge in [0.25, 0.3) is 0 Å². The van der Waals surface area contributed by atoms with Crippen LogP contribution in [0.5, 0.6) is 0 Å². The van der Waals surface area contributed by atoms with Crippen molar-refractivity contribution in [3.8, 4) is 0 Å². The molecular formula is C11H26N4. The molecule has 1 heterocycles. The second kappa shape index (κ2) is 5.25. The molecule has 1 aliphatic rings. The Morgan fingerprint density at radius 1 is 1.27 bits per heavy atom. The third kappa shape index (κ3) is 3.72. The predicted molar refractivity (Wildman–Crippen MR) is 64.8 cm³/mol. The van der Waals surface area contributed by atoms with Crippen molar-refractivity contribution in [2.24, 2.45) is 11.7 Å². The lowest BCUT2D eigenvalue weighted by Crippen LogP contribution is -2.67. The maximum Gasteiger partial charge on any atom is 0.0562 e. The first kappa shape index (κ1) is 12.9. The molecule has 4 heteroatoms. The number of nitrogens with zero attached hydrogens (tertiary/aromatic N) is 2. The summed E-state index contributed by atoms with van der Waals surface area (Å²) in [7, 11) is 4.30. The zero-order valence-corrected chi connectivity index (χ0v) is 10.6. The Morgan fingerprint density at radius 2 is 1.80 bits per heavy atom. The molecule has 0 atom stereocenters. The molecule has 3 N–H and O–H groups in total. The summed E-state index contributed by atoms with van der Waals surface area (Å²) in [4.78, 5) is 4.65. The molecular weight excluding hydrogens is 188 g/mol. The van der Waals surface area contributed by atoms with Crippen molar-refractivity contribution in [3.63, 3.8) is 0 Å². The van der Waals surface area contributed by atoms with Crippen LogP contribution in [0.15, 0.2) is 0 Å². The molecule has 0 bridgehead atoms. The highest BCUT2D eigenvalue weighted by Crippen LogP contribution is 2.13. The Balaban J connectivity index is 2.57. The van der Waals surface area contributed by atoms with Crippen molar-refractivity contribution < 1.29 is 0 Å². The molecule has 15 heavy (non-hydrogen) atoms. The minimum absolute atomic E-state index is 0.0754. The van der Waals surface area contributed by atoms with Crippen LogP contribution in [0.2, 0.25) is 0 Å². The molecule has 1 saturated heterocycles. The van der Waals surface area contributed by atoms with Gasteiger partial charge in [-0.1, -0.05) is 13.8 Å². The molecule has 4 nitrogen and oxygen atoms in total. The fraction of sp³-hybridized carbons (Fsp3) is 1.00. The summed E-state index contributed by atoms with van der Waals surface area (Å²) in [6.07, 6.45) is 0. The third-order valence-electron chi connectivity index (χ3n) is 2.90. The number of rotatable bonds is 4. The lowest BCUT2D eigenvalue weighted by molar-refractivity contribution is 0.0515. The smallest absolute Gasteiger partial charge is 0.0562 e. The first-order valence-electron chi connectivity index (χ1n) is 5.79. The summed E-state index contributed by atoms with van der Waals surface area (Å²) in [5, 5.41) is 3.64. The summed E-state index contributed by atoms with van der Waals surface area (Å²) >= 11 is 0. The molecule has 0 spiro atoms. The van der Waals surface area contributed by atoms with Gasteiger partial charge in [0.15, 0.2) is 0 Å². The van der Waals surface area contributed by atoms with Gasteiger partial charge in [-0.25, -0.2) is 0 Å². The summed E-state index contributed by atoms with van der Waals surface area (Å²) in [5.74, 6) is 0.672. The van der Waals surface area contributed by atoms with E-state index in [0.29, 0.717) is 12.5 Å². The van der Waals surface area contributed by atoms with Crippen molar-refractivity contribution >= 4 is 0 Å². The van der Waals surface area contributed by atoms with E-state index in [1.54, 1.807) is 0 Å². The standard InChI is InChI=1S/C11H26N4/c1-10(2)5-13-11(6-12)7-14(3)9-15(4)8-11/h10,13H,5-9,12H2,1-4H3. The summed E-state index contributed by atoms with van der Waals surface area (Å²) in [5.41, 5.74) is 6.01. The highest BCUT2D eigenvalue weighted by atomic mass is 15.3. The number of nitrogens with one attached hydrogen (secondary N) is 1. The van der Waals surface area contributed by atoms with Crippen molar-refractivity contribution in [1.82, 2.24) is 15.1 Å². The molecule has 0 aliphatic carbocycles. The summed E-state index contributed by atoms with van der Waals surface area (Å²) in [6.45, 7) is 9.32. The number of hydrogen-bond donors (Lipinski definition) is 2. The zero-order valence-electron chi connectivity index (χ0n) is 10.6. The number of likely N-dealkylation sites (N-methyl/N-ethyl adjacent to an activating group) is 2. The number of nitrogens with two attached hydrogens (primary N) is 1. The molecule has 1 aliphatic heterocycles. The van der Waals surface area contributed by atoms with E-state index in [9.17, 15) is 0 Å². The quantitative estimate of drug-likeness (QED) is 0.678. The van der Waals surface area contributed by atoms with Gasteiger partial charge in [-0.2, -0.15) is 0 Å². The topological polar surface area (TPSA) is 44.5 Å². The van der Waals surface area contributed by atoms with E-state index in [1.807, 2.05) is 0 Å². The van der Waals surface area contributed by atoms with Gasteiger partial charge in [-0.05, 0) is 26.6 Å². The fourth-order valence-electron chi connectivity index (χ4n) is 2.33. The van der Waals surface area contributed by atoms with Gasteiger partial charge in [-0.15, -0.1) is 0 Å². The Kier molecular flexibility index (Phi) is 4.52. The molecule has 0 aromatic heterocycles. The van der Waals surface area contributed by atoms with Gasteiger partial charge >= 0.3 is 0 Å². The molecule has 1 fully saturated rings. The van der Waals surface area contributed by atoms with E-state index in [2.05, 4.69) is 43.1 Å². The molecule has 0 saturated carbocycles. The first-order chi connectivity index (χ1) is 6.97. The zero-order chi connectivity index (χ0) is 11.5. The van der Waals surface area contributed by atoms with Crippen LogP contribution < -0.4 is 11.1 Å². The maximum atomic E-state index is 5.93. The lowest BCUT2D eigenvalue weighted by Gasteiger charge is -2.46. The second-order valence-electron chi connectivity index (χ2n) is 5.43. The molecule has 0 aromatic carbocycles. The minimum Gasteiger partial charge on any atom is -0.329 e. The highest BCUT2D eigenvalue weighted by molar-refractivity contribution is 4.97. The van der Waals surface area contributed by atoms with E-state index in [1.165, 1.54) is 0 Å². The summed E-state index contributed by atoms with van der Waals surface area (Å²) < 4.78 is 0. The van der Waals surface area contributed by atoms with Crippen LogP contribution >= 0.6 is 0 Å². The van der Waals surface area contributed by atoms with E-state index >= 15 is 0 Å². The fourth-order valence-corrected chi connectivity index (χ4v) is 2.33. The van der Waals surface area contributed by atoms with Crippen LogP contribution in [0.1, 0.15) is 13.8 Å². The van der Waals surface area contributed by atoms with E-state index < -0.39 is 0 Å². The van der Waals surface area contributed by atoms with E-state index in [-0.39, 0.29) is 5.54 Å². The average Bonchev–Trinajstić information content (AvgIpc) is 2.13. The van der Waals surface area contributed by atoms with Crippen LogP contribution in [-0.4, -0.2) is 62.3 Å². The average molecular weight is 214 g/mol.